The highest BCUT2D eigenvalue weighted by Crippen LogP contribution is 2.39. The van der Waals surface area contributed by atoms with E-state index in [0.717, 1.165) is 6.20 Å². The highest BCUT2D eigenvalue weighted by Gasteiger charge is 2.26. The Bertz CT molecular complexity index is 1370. The lowest BCUT2D eigenvalue weighted by atomic mass is 9.97. The largest absolute Gasteiger partial charge is 0.486 e. The van der Waals surface area contributed by atoms with Crippen LogP contribution in [0.25, 0.3) is 16.8 Å². The van der Waals surface area contributed by atoms with Crippen LogP contribution in [0.15, 0.2) is 42.6 Å². The molecule has 0 fully saturated rings. The maximum Gasteiger partial charge on any atom is 0.244 e. The monoisotopic (exact) mass is 494 g/mol. The first-order valence-corrected chi connectivity index (χ1v) is 11.8. The maximum absolute atomic E-state index is 14.9. The van der Waals surface area contributed by atoms with Crippen LogP contribution in [0.3, 0.4) is 0 Å². The van der Waals surface area contributed by atoms with Gasteiger partial charge in [0.1, 0.15) is 23.9 Å². The van der Waals surface area contributed by atoms with Crippen molar-refractivity contribution in [3.63, 3.8) is 0 Å². The highest BCUT2D eigenvalue weighted by atomic mass is 19.1. The summed E-state index contributed by atoms with van der Waals surface area (Å²) in [6, 6.07) is 7.71. The number of ether oxygens (including phenoxy) is 1. The molecule has 1 aromatic heterocycles. The van der Waals surface area contributed by atoms with E-state index in [9.17, 15) is 18.0 Å². The number of benzene rings is 2. The molecular weight excluding hydrogens is 469 g/mol. The van der Waals surface area contributed by atoms with Crippen LogP contribution in [0.5, 0.6) is 5.75 Å². The molecule has 186 valence electrons. The average Bonchev–Trinajstić information content (AvgIpc) is 2.85. The van der Waals surface area contributed by atoms with Crippen LogP contribution in [-0.2, 0) is 11.2 Å². The van der Waals surface area contributed by atoms with Gasteiger partial charge in [0.25, 0.3) is 0 Å². The Kier molecular flexibility index (Phi) is 6.38. The summed E-state index contributed by atoms with van der Waals surface area (Å²) in [5.41, 5.74) is 2.38. The average molecular weight is 495 g/mol. The van der Waals surface area contributed by atoms with Gasteiger partial charge >= 0.3 is 0 Å². The highest BCUT2D eigenvalue weighted by molar-refractivity contribution is 5.97. The van der Waals surface area contributed by atoms with Crippen LogP contribution in [0.1, 0.15) is 37.2 Å². The van der Waals surface area contributed by atoms with Gasteiger partial charge in [0.15, 0.2) is 17.4 Å². The SMILES string of the molecule is CC(C)N1CCOc2c(F)cc(-c3nc(Cc4ccc(C5=CC(=O)NCC5)c(F)c4)ncc3F)cc21. The van der Waals surface area contributed by atoms with Gasteiger partial charge in [-0.3, -0.25) is 4.79 Å². The van der Waals surface area contributed by atoms with Crippen LogP contribution < -0.4 is 15.0 Å². The summed E-state index contributed by atoms with van der Waals surface area (Å²) in [7, 11) is 0. The molecular formula is C27H25F3N4O2. The lowest BCUT2D eigenvalue weighted by Gasteiger charge is -2.34. The topological polar surface area (TPSA) is 67.3 Å². The standard InChI is InChI=1S/C27H25F3N4O2/c1-15(2)34-7-8-36-27-21(29)11-18(12-23(27)34)26-22(30)14-32-24(33-26)10-16-3-4-19(20(28)9-16)17-5-6-31-25(35)13-17/h3-4,9,11-15H,5-8,10H2,1-2H3,(H,31,35). The molecule has 6 nitrogen and oxygen atoms in total. The number of fused-ring (bicyclic) bond motifs is 1. The molecule has 0 radical (unpaired) electrons. The van der Waals surface area contributed by atoms with E-state index in [4.69, 9.17) is 4.74 Å². The zero-order valence-corrected chi connectivity index (χ0v) is 19.9. The Labute approximate surface area is 206 Å². The Morgan fingerprint density at radius 1 is 1.11 bits per heavy atom. The summed E-state index contributed by atoms with van der Waals surface area (Å²) < 4.78 is 50.1. The van der Waals surface area contributed by atoms with E-state index in [2.05, 4.69) is 15.3 Å². The number of anilines is 1. The lowest BCUT2D eigenvalue weighted by molar-refractivity contribution is -0.116. The summed E-state index contributed by atoms with van der Waals surface area (Å²) in [6.45, 7) is 5.41. The van der Waals surface area contributed by atoms with Gasteiger partial charge in [-0.05, 0) is 49.6 Å². The molecule has 5 rings (SSSR count). The second-order valence-corrected chi connectivity index (χ2v) is 9.13. The number of carbonyl (C=O) groups is 1. The van der Waals surface area contributed by atoms with Crippen molar-refractivity contribution in [1.29, 1.82) is 0 Å². The van der Waals surface area contributed by atoms with E-state index in [-0.39, 0.29) is 41.2 Å². The Hall–Kier alpha value is -3.88. The molecule has 1 amide bonds. The van der Waals surface area contributed by atoms with Gasteiger partial charge in [0.2, 0.25) is 5.91 Å². The van der Waals surface area contributed by atoms with Crippen molar-refractivity contribution in [3.8, 4) is 17.0 Å². The number of rotatable bonds is 5. The second kappa shape index (κ2) is 9.64. The van der Waals surface area contributed by atoms with Gasteiger partial charge in [-0.2, -0.15) is 0 Å². The molecule has 0 aliphatic carbocycles. The molecule has 36 heavy (non-hydrogen) atoms. The van der Waals surface area contributed by atoms with Crippen molar-refractivity contribution in [3.05, 3.63) is 77.0 Å². The van der Waals surface area contributed by atoms with Gasteiger partial charge < -0.3 is 15.0 Å². The van der Waals surface area contributed by atoms with Crippen LogP contribution >= 0.6 is 0 Å². The minimum Gasteiger partial charge on any atom is -0.486 e. The predicted octanol–water partition coefficient (Wildman–Crippen LogP) is 4.66. The van der Waals surface area contributed by atoms with Crippen molar-refractivity contribution in [2.75, 3.05) is 24.6 Å². The number of hydrogen-bond donors (Lipinski definition) is 1. The molecule has 0 bridgehead atoms. The van der Waals surface area contributed by atoms with E-state index in [1.54, 1.807) is 18.2 Å². The first-order valence-electron chi connectivity index (χ1n) is 11.8. The minimum absolute atomic E-state index is 0.0357. The Balaban J connectivity index is 1.45. The molecule has 0 saturated heterocycles. The third-order valence-corrected chi connectivity index (χ3v) is 6.34. The fourth-order valence-electron chi connectivity index (χ4n) is 4.59. The quantitative estimate of drug-likeness (QED) is 0.559. The summed E-state index contributed by atoms with van der Waals surface area (Å²) >= 11 is 0. The summed E-state index contributed by atoms with van der Waals surface area (Å²) in [5.74, 6) is -1.56. The first kappa shape index (κ1) is 23.8. The van der Waals surface area contributed by atoms with E-state index in [1.807, 2.05) is 18.7 Å². The third-order valence-electron chi connectivity index (χ3n) is 6.34. The smallest absolute Gasteiger partial charge is 0.244 e. The Morgan fingerprint density at radius 3 is 2.69 bits per heavy atom. The molecule has 2 aliphatic rings. The summed E-state index contributed by atoms with van der Waals surface area (Å²) in [4.78, 5) is 22.0. The van der Waals surface area contributed by atoms with E-state index in [0.29, 0.717) is 48.5 Å². The molecule has 0 saturated carbocycles. The lowest BCUT2D eigenvalue weighted by Crippen LogP contribution is -2.38. The normalized spacial score (nSPS) is 15.3. The number of carbonyl (C=O) groups excluding carboxylic acids is 1. The van der Waals surface area contributed by atoms with Crippen molar-refractivity contribution in [1.82, 2.24) is 15.3 Å². The van der Waals surface area contributed by atoms with Crippen molar-refractivity contribution in [2.45, 2.75) is 32.7 Å². The molecule has 2 aliphatic heterocycles. The van der Waals surface area contributed by atoms with Crippen LogP contribution in [0.2, 0.25) is 0 Å². The zero-order valence-electron chi connectivity index (χ0n) is 19.9. The van der Waals surface area contributed by atoms with Crippen molar-refractivity contribution < 1.29 is 22.7 Å². The number of aromatic nitrogens is 2. The number of amides is 1. The molecule has 1 N–H and O–H groups in total. The second-order valence-electron chi connectivity index (χ2n) is 9.13. The third kappa shape index (κ3) is 4.65. The van der Waals surface area contributed by atoms with Crippen LogP contribution in [0.4, 0.5) is 18.9 Å². The maximum atomic E-state index is 14.9. The number of hydrogen-bond acceptors (Lipinski definition) is 5. The molecule has 3 aromatic rings. The number of nitrogens with one attached hydrogen (secondary N) is 1. The van der Waals surface area contributed by atoms with E-state index in [1.165, 1.54) is 18.2 Å². The minimum atomic E-state index is -0.685. The fourth-order valence-corrected chi connectivity index (χ4v) is 4.59. The van der Waals surface area contributed by atoms with Crippen LogP contribution in [-0.4, -0.2) is 41.6 Å². The predicted molar refractivity (Wildman–Crippen MR) is 130 cm³/mol. The van der Waals surface area contributed by atoms with Crippen molar-refractivity contribution in [2.24, 2.45) is 0 Å². The summed E-state index contributed by atoms with van der Waals surface area (Å²) in [6.07, 6.45) is 3.14. The van der Waals surface area contributed by atoms with Crippen molar-refractivity contribution >= 4 is 17.2 Å². The van der Waals surface area contributed by atoms with Crippen LogP contribution in [0, 0.1) is 17.5 Å². The zero-order chi connectivity index (χ0) is 25.4. The summed E-state index contributed by atoms with van der Waals surface area (Å²) in [5, 5.41) is 2.68. The van der Waals surface area contributed by atoms with E-state index < -0.39 is 17.5 Å². The van der Waals surface area contributed by atoms with Gasteiger partial charge in [-0.1, -0.05) is 12.1 Å². The number of nitrogens with zero attached hydrogens (tertiary/aromatic N) is 3. The van der Waals surface area contributed by atoms with Gasteiger partial charge in [-0.15, -0.1) is 0 Å². The molecule has 0 atom stereocenters. The molecule has 3 heterocycles. The number of halogens is 3. The molecule has 0 spiro atoms. The van der Waals surface area contributed by atoms with Gasteiger partial charge in [0, 0.05) is 36.2 Å². The molecule has 2 aromatic carbocycles. The molecule has 0 unspecified atom stereocenters. The fraction of sp³-hybridized carbons (Fsp3) is 0.296. The van der Waals surface area contributed by atoms with Gasteiger partial charge in [-0.25, -0.2) is 23.1 Å². The molecule has 9 heteroatoms. The van der Waals surface area contributed by atoms with Gasteiger partial charge in [0.05, 0.1) is 18.4 Å². The van der Waals surface area contributed by atoms with E-state index >= 15 is 0 Å². The first-order chi connectivity index (χ1) is 17.3. The Morgan fingerprint density at radius 2 is 1.94 bits per heavy atom.